The maximum atomic E-state index is 6.01. The Hall–Kier alpha value is -1.33. The van der Waals surface area contributed by atoms with Gasteiger partial charge in [-0.1, -0.05) is 6.08 Å². The quantitative estimate of drug-likeness (QED) is 0.664. The Morgan fingerprint density at radius 3 is 2.53 bits per heavy atom. The van der Waals surface area contributed by atoms with E-state index < -0.39 is 0 Å². The molecule has 1 N–H and O–H groups in total. The van der Waals surface area contributed by atoms with Crippen LogP contribution in [0, 0.1) is 0 Å². The van der Waals surface area contributed by atoms with Gasteiger partial charge in [0.25, 0.3) is 0 Å². The molecule has 5 heteroatoms. The minimum atomic E-state index is -0.350. The zero-order valence-corrected chi connectivity index (χ0v) is 12.1. The second kappa shape index (κ2) is 4.98. The summed E-state index contributed by atoms with van der Waals surface area (Å²) >= 11 is 0. The van der Waals surface area contributed by atoms with E-state index in [1.165, 1.54) is 0 Å². The Kier molecular flexibility index (Phi) is 3.70. The van der Waals surface area contributed by atoms with Crippen molar-refractivity contribution < 1.29 is 9.31 Å². The van der Waals surface area contributed by atoms with E-state index in [1.54, 1.807) is 12.3 Å². The molecule has 0 saturated carbocycles. The largest absolute Gasteiger partial charge is 0.495 e. The Balaban J connectivity index is 2.17. The number of hydrogen-bond acceptors (Lipinski definition) is 4. The van der Waals surface area contributed by atoms with Crippen LogP contribution in [-0.2, 0) is 9.31 Å². The minimum absolute atomic E-state index is 0.324. The van der Waals surface area contributed by atoms with Crippen molar-refractivity contribution in [2.75, 3.05) is 11.9 Å². The van der Waals surface area contributed by atoms with Crippen molar-refractivity contribution in [1.82, 2.24) is 4.98 Å². The van der Waals surface area contributed by atoms with Crippen molar-refractivity contribution in [1.29, 1.82) is 0 Å². The van der Waals surface area contributed by atoms with Crippen LogP contribution < -0.4 is 10.8 Å². The highest BCUT2D eigenvalue weighted by Crippen LogP contribution is 2.36. The van der Waals surface area contributed by atoms with E-state index in [9.17, 15) is 0 Å². The second-order valence-corrected chi connectivity index (χ2v) is 5.73. The Bertz CT molecular complexity index is 458. The van der Waals surface area contributed by atoms with Crippen molar-refractivity contribution in [3.8, 4) is 0 Å². The summed E-state index contributed by atoms with van der Waals surface area (Å²) in [6, 6.07) is 3.87. The number of nitrogens with zero attached hydrogens (tertiary/aromatic N) is 1. The molecule has 4 nitrogen and oxygen atoms in total. The van der Waals surface area contributed by atoms with Crippen LogP contribution in [0.25, 0.3) is 0 Å². The van der Waals surface area contributed by atoms with Crippen molar-refractivity contribution in [3.63, 3.8) is 0 Å². The Morgan fingerprint density at radius 2 is 1.95 bits per heavy atom. The normalized spacial score (nSPS) is 20.3. The van der Waals surface area contributed by atoms with Gasteiger partial charge in [-0.2, -0.15) is 0 Å². The average molecular weight is 260 g/mol. The van der Waals surface area contributed by atoms with Gasteiger partial charge in [0.05, 0.1) is 11.2 Å². The highest BCUT2D eigenvalue weighted by molar-refractivity contribution is 6.62. The van der Waals surface area contributed by atoms with Gasteiger partial charge in [0.15, 0.2) is 0 Å². The molecule has 0 atom stereocenters. The molecule has 0 amide bonds. The van der Waals surface area contributed by atoms with Gasteiger partial charge in [-0.3, -0.25) is 0 Å². The molecule has 1 fully saturated rings. The number of rotatable bonds is 4. The third-order valence-corrected chi connectivity index (χ3v) is 3.74. The molecule has 0 unspecified atom stereocenters. The summed E-state index contributed by atoms with van der Waals surface area (Å²) in [6.45, 7) is 12.5. The van der Waals surface area contributed by atoms with Crippen LogP contribution in [0.5, 0.6) is 0 Å². The first kappa shape index (κ1) is 14.1. The molecule has 19 heavy (non-hydrogen) atoms. The van der Waals surface area contributed by atoms with Crippen LogP contribution in [-0.4, -0.2) is 29.8 Å². The first-order valence-corrected chi connectivity index (χ1v) is 6.52. The summed E-state index contributed by atoms with van der Waals surface area (Å²) in [4.78, 5) is 4.25. The molecule has 0 aliphatic carbocycles. The fourth-order valence-electron chi connectivity index (χ4n) is 1.85. The predicted octanol–water partition coefficient (Wildman–Crippen LogP) is 1.98. The third kappa shape index (κ3) is 2.82. The summed E-state index contributed by atoms with van der Waals surface area (Å²) in [7, 11) is -0.350. The number of anilines is 1. The summed E-state index contributed by atoms with van der Waals surface area (Å²) < 4.78 is 12.0. The number of hydrogen-bond donors (Lipinski definition) is 1. The second-order valence-electron chi connectivity index (χ2n) is 5.73. The summed E-state index contributed by atoms with van der Waals surface area (Å²) in [5, 5.41) is 3.16. The van der Waals surface area contributed by atoms with Crippen LogP contribution in [0.1, 0.15) is 27.7 Å². The first-order valence-electron chi connectivity index (χ1n) is 6.52. The molecular formula is C14H21BN2O2. The van der Waals surface area contributed by atoms with Gasteiger partial charge >= 0.3 is 7.12 Å². The Labute approximate surface area is 115 Å². The predicted molar refractivity (Wildman–Crippen MR) is 78.6 cm³/mol. The van der Waals surface area contributed by atoms with E-state index in [0.29, 0.717) is 6.54 Å². The van der Waals surface area contributed by atoms with Crippen LogP contribution in [0.2, 0.25) is 0 Å². The van der Waals surface area contributed by atoms with E-state index in [1.807, 2.05) is 39.8 Å². The molecule has 2 heterocycles. The standard InChI is InChI=1S/C14H21BN2O2/c1-6-8-16-12-10-11(7-9-17-12)15-18-13(2,3)14(4,5)19-15/h6-7,9-10H,1,8H2,2-5H3,(H,16,17). The van der Waals surface area contributed by atoms with Crippen molar-refractivity contribution in [2.45, 2.75) is 38.9 Å². The molecule has 0 spiro atoms. The fourth-order valence-corrected chi connectivity index (χ4v) is 1.85. The third-order valence-electron chi connectivity index (χ3n) is 3.74. The van der Waals surface area contributed by atoms with E-state index in [-0.39, 0.29) is 18.3 Å². The molecule has 1 saturated heterocycles. The molecule has 0 aromatic carbocycles. The highest BCUT2D eigenvalue weighted by Gasteiger charge is 2.51. The molecule has 1 aromatic rings. The maximum Gasteiger partial charge on any atom is 0.495 e. The van der Waals surface area contributed by atoms with Gasteiger partial charge in [0.1, 0.15) is 5.82 Å². The van der Waals surface area contributed by atoms with Crippen molar-refractivity contribution in [2.24, 2.45) is 0 Å². The molecular weight excluding hydrogens is 239 g/mol. The van der Waals surface area contributed by atoms with Gasteiger partial charge in [-0.05, 0) is 45.3 Å². The van der Waals surface area contributed by atoms with Crippen molar-refractivity contribution >= 4 is 18.4 Å². The zero-order chi connectivity index (χ0) is 14.1. The Morgan fingerprint density at radius 1 is 1.32 bits per heavy atom. The average Bonchev–Trinajstić information content (AvgIpc) is 2.56. The molecule has 1 aliphatic heterocycles. The van der Waals surface area contributed by atoms with Gasteiger partial charge in [-0.25, -0.2) is 4.98 Å². The van der Waals surface area contributed by atoms with Crippen LogP contribution in [0.15, 0.2) is 31.0 Å². The number of nitrogens with one attached hydrogen (secondary N) is 1. The van der Waals surface area contributed by atoms with E-state index in [4.69, 9.17) is 9.31 Å². The smallest absolute Gasteiger partial charge is 0.399 e. The van der Waals surface area contributed by atoms with Gasteiger partial charge in [0.2, 0.25) is 0 Å². The molecule has 102 valence electrons. The minimum Gasteiger partial charge on any atom is -0.399 e. The van der Waals surface area contributed by atoms with E-state index >= 15 is 0 Å². The maximum absolute atomic E-state index is 6.01. The summed E-state index contributed by atoms with van der Waals surface area (Å²) in [5.41, 5.74) is 0.325. The molecule has 0 radical (unpaired) electrons. The lowest BCUT2D eigenvalue weighted by Gasteiger charge is -2.32. The van der Waals surface area contributed by atoms with E-state index in [0.717, 1.165) is 11.3 Å². The van der Waals surface area contributed by atoms with Crippen LogP contribution in [0.3, 0.4) is 0 Å². The van der Waals surface area contributed by atoms with E-state index in [2.05, 4.69) is 16.9 Å². The monoisotopic (exact) mass is 260 g/mol. The SMILES string of the molecule is C=CCNc1cc(B2OC(C)(C)C(C)(C)O2)ccn1. The van der Waals surface area contributed by atoms with Gasteiger partial charge in [-0.15, -0.1) is 6.58 Å². The first-order chi connectivity index (χ1) is 8.86. The van der Waals surface area contributed by atoms with Crippen LogP contribution in [0.4, 0.5) is 5.82 Å². The fraction of sp³-hybridized carbons (Fsp3) is 0.500. The number of aromatic nitrogens is 1. The highest BCUT2D eigenvalue weighted by atomic mass is 16.7. The van der Waals surface area contributed by atoms with Gasteiger partial charge in [0, 0.05) is 12.7 Å². The zero-order valence-electron chi connectivity index (χ0n) is 12.1. The molecule has 1 aromatic heterocycles. The lowest BCUT2D eigenvalue weighted by Crippen LogP contribution is -2.41. The lowest BCUT2D eigenvalue weighted by atomic mass is 9.80. The topological polar surface area (TPSA) is 43.4 Å². The lowest BCUT2D eigenvalue weighted by molar-refractivity contribution is 0.00578. The molecule has 2 rings (SSSR count). The summed E-state index contributed by atoms with van der Waals surface area (Å²) in [6.07, 6.45) is 3.55. The summed E-state index contributed by atoms with van der Waals surface area (Å²) in [5.74, 6) is 0.798. The molecule has 0 bridgehead atoms. The van der Waals surface area contributed by atoms with Crippen molar-refractivity contribution in [3.05, 3.63) is 31.0 Å². The number of pyridine rings is 1. The van der Waals surface area contributed by atoms with Gasteiger partial charge < -0.3 is 14.6 Å². The molecule has 1 aliphatic rings. The van der Waals surface area contributed by atoms with Crippen LogP contribution >= 0.6 is 0 Å².